The summed E-state index contributed by atoms with van der Waals surface area (Å²) in [5.74, 6) is -1.99. The fourth-order valence-electron chi connectivity index (χ4n) is 1.23. The van der Waals surface area contributed by atoms with Crippen molar-refractivity contribution in [1.82, 2.24) is 0 Å². The van der Waals surface area contributed by atoms with Crippen molar-refractivity contribution in [3.8, 4) is 0 Å². The highest BCUT2D eigenvalue weighted by molar-refractivity contribution is 6.02. The first-order chi connectivity index (χ1) is 7.66. The fraction of sp³-hybridized carbons (Fsp3) is 0.333. The molecule has 0 aliphatic carbocycles. The minimum absolute atomic E-state index is 0.0404. The molecule has 0 aliphatic rings. The van der Waals surface area contributed by atoms with Crippen molar-refractivity contribution in [1.29, 1.82) is 0 Å². The number of ether oxygens (including phenoxy) is 1. The van der Waals surface area contributed by atoms with Gasteiger partial charge in [-0.3, -0.25) is 0 Å². The van der Waals surface area contributed by atoms with Crippen molar-refractivity contribution in [3.63, 3.8) is 0 Å². The van der Waals surface area contributed by atoms with Gasteiger partial charge < -0.3 is 4.74 Å². The summed E-state index contributed by atoms with van der Waals surface area (Å²) < 4.78 is 4.93. The molecule has 16 heavy (non-hydrogen) atoms. The molecule has 0 N–H and O–H groups in total. The first-order valence-corrected chi connectivity index (χ1v) is 5.14. The molecule has 1 radical (unpaired) electrons. The van der Waals surface area contributed by atoms with Crippen LogP contribution in [0.2, 0.25) is 0 Å². The molecule has 0 unspecified atom stereocenters. The van der Waals surface area contributed by atoms with Gasteiger partial charge in [-0.05, 0) is 18.6 Å². The van der Waals surface area contributed by atoms with Crippen molar-refractivity contribution in [2.75, 3.05) is 6.61 Å². The first kappa shape index (κ1) is 12.2. The zero-order valence-electron chi connectivity index (χ0n) is 9.06. The van der Waals surface area contributed by atoms with Gasteiger partial charge in [0.05, 0.1) is 17.7 Å². The van der Waals surface area contributed by atoms with Gasteiger partial charge in [0.15, 0.2) is 0 Å². The van der Waals surface area contributed by atoms with E-state index in [0.29, 0.717) is 6.61 Å². The van der Waals surface area contributed by atoms with E-state index in [4.69, 9.17) is 4.74 Å². The number of carbonyl (C=O) groups excluding carboxylic acids is 2. The van der Waals surface area contributed by atoms with Crippen molar-refractivity contribution in [2.24, 2.45) is 0 Å². The molecule has 0 saturated heterocycles. The molecule has 1 aromatic rings. The predicted octanol–water partition coefficient (Wildman–Crippen LogP) is 2.21. The number of rotatable bonds is 5. The van der Waals surface area contributed by atoms with Crippen LogP contribution in [-0.2, 0) is 9.84 Å². The Kier molecular flexibility index (Phi) is 4.51. The molecule has 0 aromatic heterocycles. The quantitative estimate of drug-likeness (QED) is 0.565. The summed E-state index contributed by atoms with van der Waals surface area (Å²) >= 11 is 0. The van der Waals surface area contributed by atoms with E-state index in [1.54, 1.807) is 6.07 Å². The molecule has 0 bridgehead atoms. The number of unbranched alkanes of at least 4 members (excludes halogenated alkanes) is 1. The van der Waals surface area contributed by atoms with Crippen molar-refractivity contribution in [3.05, 3.63) is 35.4 Å². The maximum absolute atomic E-state index is 11.5. The molecule has 85 valence electrons. The zero-order chi connectivity index (χ0) is 12.0. The van der Waals surface area contributed by atoms with Crippen LogP contribution in [0, 0.1) is 0 Å². The van der Waals surface area contributed by atoms with Crippen LogP contribution in [0.5, 0.6) is 0 Å². The number of carbonyl (C=O) groups is 2. The average molecular weight is 221 g/mol. The normalized spacial score (nSPS) is 9.81. The van der Waals surface area contributed by atoms with Gasteiger partial charge in [-0.15, -0.1) is 0 Å². The van der Waals surface area contributed by atoms with E-state index in [2.05, 4.69) is 0 Å². The maximum Gasteiger partial charge on any atom is 0.387 e. The second kappa shape index (κ2) is 5.90. The Morgan fingerprint density at radius 2 is 1.81 bits per heavy atom. The monoisotopic (exact) mass is 221 g/mol. The van der Waals surface area contributed by atoms with E-state index >= 15 is 0 Å². The Labute approximate surface area is 93.9 Å². The Morgan fingerprint density at radius 3 is 2.38 bits per heavy atom. The van der Waals surface area contributed by atoms with Gasteiger partial charge >= 0.3 is 11.9 Å². The van der Waals surface area contributed by atoms with Crippen molar-refractivity contribution < 1.29 is 19.4 Å². The van der Waals surface area contributed by atoms with Gasteiger partial charge in [0.1, 0.15) is 0 Å². The molecule has 0 spiro atoms. The third-order valence-corrected chi connectivity index (χ3v) is 2.10. The minimum atomic E-state index is -1.37. The summed E-state index contributed by atoms with van der Waals surface area (Å²) in [4.78, 5) is 22.3. The number of hydrogen-bond acceptors (Lipinski definition) is 3. The number of esters is 1. The van der Waals surface area contributed by atoms with Crippen LogP contribution in [0.4, 0.5) is 0 Å². The van der Waals surface area contributed by atoms with Gasteiger partial charge in [-0.2, -0.15) is 0 Å². The molecule has 0 saturated carbocycles. The molecule has 4 heteroatoms. The Morgan fingerprint density at radius 1 is 1.19 bits per heavy atom. The van der Waals surface area contributed by atoms with Gasteiger partial charge in [0, 0.05) is 0 Å². The number of benzene rings is 1. The summed E-state index contributed by atoms with van der Waals surface area (Å²) in [7, 11) is 0. The van der Waals surface area contributed by atoms with E-state index in [1.165, 1.54) is 18.2 Å². The fourth-order valence-corrected chi connectivity index (χ4v) is 1.23. The lowest BCUT2D eigenvalue weighted by Crippen LogP contribution is -2.11. The van der Waals surface area contributed by atoms with Crippen LogP contribution in [-0.4, -0.2) is 18.5 Å². The molecule has 0 fully saturated rings. The van der Waals surface area contributed by atoms with E-state index < -0.39 is 11.9 Å². The smallest absolute Gasteiger partial charge is 0.387 e. The van der Waals surface area contributed by atoms with Gasteiger partial charge in [-0.1, -0.05) is 25.5 Å². The van der Waals surface area contributed by atoms with Crippen molar-refractivity contribution in [2.45, 2.75) is 19.8 Å². The van der Waals surface area contributed by atoms with Crippen LogP contribution in [0.25, 0.3) is 0 Å². The van der Waals surface area contributed by atoms with Gasteiger partial charge in [-0.25, -0.2) is 14.7 Å². The highest BCUT2D eigenvalue weighted by Gasteiger charge is 2.17. The van der Waals surface area contributed by atoms with E-state index in [1.807, 2.05) is 6.92 Å². The van der Waals surface area contributed by atoms with Crippen molar-refractivity contribution >= 4 is 11.9 Å². The molecule has 0 amide bonds. The summed E-state index contributed by atoms with van der Waals surface area (Å²) in [6.45, 7) is 2.28. The van der Waals surface area contributed by atoms with Crippen LogP contribution in [0.3, 0.4) is 0 Å². The largest absolute Gasteiger partial charge is 0.462 e. The SMILES string of the molecule is CCCCOC(=O)c1ccccc1C([O])=O. The van der Waals surface area contributed by atoms with Gasteiger partial charge in [0.25, 0.3) is 0 Å². The maximum atomic E-state index is 11.5. The summed E-state index contributed by atoms with van der Waals surface area (Å²) in [6.07, 6.45) is 1.68. The predicted molar refractivity (Wildman–Crippen MR) is 56.6 cm³/mol. The molecule has 1 rings (SSSR count). The summed E-state index contributed by atoms with van der Waals surface area (Å²) in [5, 5.41) is 10.7. The molecular formula is C12H13O4. The lowest BCUT2D eigenvalue weighted by molar-refractivity contribution is 0.0475. The second-order valence-corrected chi connectivity index (χ2v) is 3.32. The van der Waals surface area contributed by atoms with Gasteiger partial charge in [0.2, 0.25) is 0 Å². The Bertz CT molecular complexity index is 384. The molecule has 0 atom stereocenters. The topological polar surface area (TPSA) is 63.3 Å². The molecular weight excluding hydrogens is 208 g/mol. The average Bonchev–Trinajstić information content (AvgIpc) is 2.29. The molecule has 0 aliphatic heterocycles. The number of hydrogen-bond donors (Lipinski definition) is 0. The van der Waals surface area contributed by atoms with E-state index in [-0.39, 0.29) is 11.1 Å². The third-order valence-electron chi connectivity index (χ3n) is 2.10. The molecule has 4 nitrogen and oxygen atoms in total. The first-order valence-electron chi connectivity index (χ1n) is 5.14. The second-order valence-electron chi connectivity index (χ2n) is 3.32. The Hall–Kier alpha value is -1.84. The van der Waals surface area contributed by atoms with Crippen LogP contribution in [0.15, 0.2) is 24.3 Å². The van der Waals surface area contributed by atoms with Crippen LogP contribution < -0.4 is 0 Å². The minimum Gasteiger partial charge on any atom is -0.462 e. The molecule has 1 aromatic carbocycles. The van der Waals surface area contributed by atoms with Crippen LogP contribution >= 0.6 is 0 Å². The van der Waals surface area contributed by atoms with Crippen LogP contribution in [0.1, 0.15) is 40.5 Å². The summed E-state index contributed by atoms with van der Waals surface area (Å²) in [6, 6.07) is 5.86. The van der Waals surface area contributed by atoms with E-state index in [0.717, 1.165) is 12.8 Å². The van der Waals surface area contributed by atoms with E-state index in [9.17, 15) is 14.7 Å². The lowest BCUT2D eigenvalue weighted by Gasteiger charge is -2.05. The molecule has 0 heterocycles. The highest BCUT2D eigenvalue weighted by atomic mass is 16.5. The standard InChI is InChI=1S/C12H13O4/c1-2-3-8-16-12(15)10-7-5-4-6-9(10)11(13)14/h4-7H,2-3,8H2,1H3. The zero-order valence-corrected chi connectivity index (χ0v) is 9.06. The lowest BCUT2D eigenvalue weighted by atomic mass is 10.1. The highest BCUT2D eigenvalue weighted by Crippen LogP contribution is 2.10. The Balaban J connectivity index is 2.78. The summed E-state index contributed by atoms with van der Waals surface area (Å²) in [5.41, 5.74) is -0.0948. The third kappa shape index (κ3) is 3.08.